The predicted molar refractivity (Wildman–Crippen MR) is 61.2 cm³/mol. The number of ether oxygens (including phenoxy) is 1. The predicted octanol–water partition coefficient (Wildman–Crippen LogP) is -0.275. The van der Waals surface area contributed by atoms with E-state index in [4.69, 9.17) is 10.5 Å². The van der Waals surface area contributed by atoms with Crippen LogP contribution in [0, 0.1) is 0 Å². The van der Waals surface area contributed by atoms with Crippen LogP contribution in [-0.4, -0.2) is 44.1 Å². The van der Waals surface area contributed by atoms with Gasteiger partial charge in [0, 0.05) is 12.3 Å². The Morgan fingerprint density at radius 3 is 3.06 bits per heavy atom. The molecular weight excluding hydrogens is 242 g/mol. The lowest BCUT2D eigenvalue weighted by Gasteiger charge is -2.20. The van der Waals surface area contributed by atoms with Crippen LogP contribution in [-0.2, 0) is 16.6 Å². The van der Waals surface area contributed by atoms with Crippen molar-refractivity contribution < 1.29 is 9.53 Å². The zero-order chi connectivity index (χ0) is 12.5. The van der Waals surface area contributed by atoms with E-state index in [0.717, 1.165) is 11.6 Å². The average Bonchev–Trinajstić information content (AvgIpc) is 2.87. The molecular formula is C9H15N5O2S. The van der Waals surface area contributed by atoms with Gasteiger partial charge in [0.25, 0.3) is 0 Å². The summed E-state index contributed by atoms with van der Waals surface area (Å²) >= 11 is 1.55. The Morgan fingerprint density at radius 2 is 2.47 bits per heavy atom. The molecule has 1 aromatic rings. The molecule has 1 heterocycles. The van der Waals surface area contributed by atoms with Gasteiger partial charge in [0.1, 0.15) is 5.54 Å². The quantitative estimate of drug-likeness (QED) is 0.744. The van der Waals surface area contributed by atoms with Crippen molar-refractivity contribution >= 4 is 17.7 Å². The zero-order valence-electron chi connectivity index (χ0n) is 9.79. The van der Waals surface area contributed by atoms with Crippen molar-refractivity contribution in [3.63, 3.8) is 0 Å². The van der Waals surface area contributed by atoms with E-state index in [1.165, 1.54) is 7.11 Å². The van der Waals surface area contributed by atoms with E-state index in [1.807, 2.05) is 0 Å². The lowest BCUT2D eigenvalue weighted by atomic mass is 10.00. The summed E-state index contributed by atoms with van der Waals surface area (Å²) in [7, 11) is 3.15. The number of nitrogens with zero attached hydrogens (tertiary/aromatic N) is 4. The van der Waals surface area contributed by atoms with E-state index in [9.17, 15) is 4.79 Å². The van der Waals surface area contributed by atoms with Crippen molar-refractivity contribution in [2.75, 3.05) is 7.11 Å². The van der Waals surface area contributed by atoms with Gasteiger partial charge in [-0.05, 0) is 29.7 Å². The van der Waals surface area contributed by atoms with E-state index < -0.39 is 5.54 Å². The Balaban J connectivity index is 1.99. The molecule has 94 valence electrons. The fourth-order valence-electron chi connectivity index (χ4n) is 1.99. The molecule has 0 radical (unpaired) electrons. The molecule has 8 heteroatoms. The molecule has 1 aliphatic rings. The maximum absolute atomic E-state index is 11.5. The molecule has 0 spiro atoms. The highest BCUT2D eigenvalue weighted by Crippen LogP contribution is 2.38. The standard InChI is InChI=1S/C9H15N5O2S/c1-14-8(11-12-13-14)17-6-3-4-9(10,5-6)7(15)16-2/h6H,3-5,10H2,1-2H3. The number of esters is 1. The molecule has 0 aromatic carbocycles. The van der Waals surface area contributed by atoms with Crippen molar-refractivity contribution in [3.8, 4) is 0 Å². The molecule has 0 saturated heterocycles. The monoisotopic (exact) mass is 257 g/mol. The van der Waals surface area contributed by atoms with Crippen molar-refractivity contribution in [2.24, 2.45) is 12.8 Å². The second-order valence-corrected chi connectivity index (χ2v) is 5.48. The Bertz CT molecular complexity index is 423. The maximum Gasteiger partial charge on any atom is 0.325 e. The Labute approximate surface area is 103 Å². The highest BCUT2D eigenvalue weighted by Gasteiger charge is 2.43. The zero-order valence-corrected chi connectivity index (χ0v) is 10.6. The van der Waals surface area contributed by atoms with E-state index in [2.05, 4.69) is 15.5 Å². The molecule has 0 bridgehead atoms. The van der Waals surface area contributed by atoms with Crippen LogP contribution in [0.2, 0.25) is 0 Å². The highest BCUT2D eigenvalue weighted by molar-refractivity contribution is 7.99. The number of hydrogen-bond donors (Lipinski definition) is 1. The van der Waals surface area contributed by atoms with Gasteiger partial charge in [0.15, 0.2) is 0 Å². The summed E-state index contributed by atoms with van der Waals surface area (Å²) in [4.78, 5) is 11.5. The molecule has 2 rings (SSSR count). The molecule has 1 fully saturated rings. The highest BCUT2D eigenvalue weighted by atomic mass is 32.2. The van der Waals surface area contributed by atoms with Gasteiger partial charge in [-0.25, -0.2) is 4.68 Å². The largest absolute Gasteiger partial charge is 0.468 e. The van der Waals surface area contributed by atoms with E-state index >= 15 is 0 Å². The number of carbonyl (C=O) groups excluding carboxylic acids is 1. The molecule has 1 aliphatic carbocycles. The lowest BCUT2D eigenvalue weighted by Crippen LogP contribution is -2.46. The molecule has 0 amide bonds. The first kappa shape index (κ1) is 12.3. The van der Waals surface area contributed by atoms with Gasteiger partial charge in [-0.3, -0.25) is 4.79 Å². The van der Waals surface area contributed by atoms with Gasteiger partial charge >= 0.3 is 5.97 Å². The van der Waals surface area contributed by atoms with Gasteiger partial charge < -0.3 is 10.5 Å². The topological polar surface area (TPSA) is 95.9 Å². The number of aromatic nitrogens is 4. The second-order valence-electron chi connectivity index (χ2n) is 4.22. The Morgan fingerprint density at radius 1 is 1.71 bits per heavy atom. The van der Waals surface area contributed by atoms with Crippen molar-refractivity contribution in [1.29, 1.82) is 0 Å². The number of tetrazole rings is 1. The van der Waals surface area contributed by atoms with E-state index in [0.29, 0.717) is 12.8 Å². The molecule has 1 aromatic heterocycles. The molecule has 7 nitrogen and oxygen atoms in total. The molecule has 2 unspecified atom stereocenters. The number of nitrogens with two attached hydrogens (primary N) is 1. The maximum atomic E-state index is 11.5. The molecule has 1 saturated carbocycles. The number of rotatable bonds is 3. The molecule has 2 atom stereocenters. The summed E-state index contributed by atoms with van der Waals surface area (Å²) < 4.78 is 6.34. The van der Waals surface area contributed by atoms with Crippen LogP contribution in [0.25, 0.3) is 0 Å². The third-order valence-corrected chi connectivity index (χ3v) is 4.24. The summed E-state index contributed by atoms with van der Waals surface area (Å²) in [6.07, 6.45) is 2.10. The minimum Gasteiger partial charge on any atom is -0.468 e. The minimum absolute atomic E-state index is 0.254. The van der Waals surface area contributed by atoms with Crippen molar-refractivity contribution in [3.05, 3.63) is 0 Å². The average molecular weight is 257 g/mol. The number of thioether (sulfide) groups is 1. The third kappa shape index (κ3) is 2.42. The van der Waals surface area contributed by atoms with Crippen LogP contribution in [0.1, 0.15) is 19.3 Å². The first-order valence-corrected chi connectivity index (χ1v) is 6.19. The number of methoxy groups -OCH3 is 1. The lowest BCUT2D eigenvalue weighted by molar-refractivity contribution is -0.146. The smallest absolute Gasteiger partial charge is 0.325 e. The van der Waals surface area contributed by atoms with E-state index in [-0.39, 0.29) is 11.2 Å². The normalized spacial score (nSPS) is 28.3. The van der Waals surface area contributed by atoms with Crippen LogP contribution in [0.15, 0.2) is 5.16 Å². The first-order chi connectivity index (χ1) is 8.05. The van der Waals surface area contributed by atoms with Gasteiger partial charge in [-0.15, -0.1) is 5.10 Å². The van der Waals surface area contributed by atoms with Crippen LogP contribution >= 0.6 is 11.8 Å². The van der Waals surface area contributed by atoms with Crippen LogP contribution in [0.3, 0.4) is 0 Å². The molecule has 0 aliphatic heterocycles. The summed E-state index contributed by atoms with van der Waals surface area (Å²) in [6, 6.07) is 0. The second kappa shape index (κ2) is 4.61. The van der Waals surface area contributed by atoms with Gasteiger partial charge in [-0.1, -0.05) is 11.8 Å². The van der Waals surface area contributed by atoms with Gasteiger partial charge in [-0.2, -0.15) is 0 Å². The molecule has 17 heavy (non-hydrogen) atoms. The molecule has 2 N–H and O–H groups in total. The van der Waals surface area contributed by atoms with Crippen LogP contribution in [0.4, 0.5) is 0 Å². The van der Waals surface area contributed by atoms with Crippen molar-refractivity contribution in [2.45, 2.75) is 35.2 Å². The van der Waals surface area contributed by atoms with E-state index in [1.54, 1.807) is 23.5 Å². The minimum atomic E-state index is -0.849. The SMILES string of the molecule is COC(=O)C1(N)CCC(Sc2nnnn2C)C1. The van der Waals surface area contributed by atoms with Gasteiger partial charge in [0.2, 0.25) is 5.16 Å². The van der Waals surface area contributed by atoms with Crippen LogP contribution in [0.5, 0.6) is 0 Å². The Kier molecular flexibility index (Phi) is 3.34. The number of hydrogen-bond acceptors (Lipinski definition) is 7. The first-order valence-electron chi connectivity index (χ1n) is 5.31. The number of aryl methyl sites for hydroxylation is 1. The van der Waals surface area contributed by atoms with Gasteiger partial charge in [0.05, 0.1) is 7.11 Å². The summed E-state index contributed by atoms with van der Waals surface area (Å²) in [5.74, 6) is -0.336. The summed E-state index contributed by atoms with van der Waals surface area (Å²) in [5.41, 5.74) is 5.18. The fourth-order valence-corrected chi connectivity index (χ4v) is 3.18. The summed E-state index contributed by atoms with van der Waals surface area (Å²) in [6.45, 7) is 0. The summed E-state index contributed by atoms with van der Waals surface area (Å²) in [5, 5.41) is 12.2. The third-order valence-electron chi connectivity index (χ3n) is 2.95. The number of carbonyl (C=O) groups is 1. The van der Waals surface area contributed by atoms with Crippen LogP contribution < -0.4 is 5.73 Å². The Hall–Kier alpha value is -1.15. The fraction of sp³-hybridized carbons (Fsp3) is 0.778. The van der Waals surface area contributed by atoms with Crippen molar-refractivity contribution in [1.82, 2.24) is 20.2 Å².